The lowest BCUT2D eigenvalue weighted by molar-refractivity contribution is 0.123. The normalized spacial score (nSPS) is 11.6. The van der Waals surface area contributed by atoms with Gasteiger partial charge >= 0.3 is 8.80 Å². The summed E-state index contributed by atoms with van der Waals surface area (Å²) in [6.45, 7) is 6.07. The van der Waals surface area contributed by atoms with E-state index in [0.29, 0.717) is 0 Å². The van der Waals surface area contributed by atoms with Crippen LogP contribution >= 0.6 is 0 Å². The van der Waals surface area contributed by atoms with Crippen molar-refractivity contribution >= 4 is 8.80 Å². The van der Waals surface area contributed by atoms with Crippen LogP contribution in [0.25, 0.3) is 0 Å². The molecule has 0 heterocycles. The summed E-state index contributed by atoms with van der Waals surface area (Å²) in [5.41, 5.74) is 1.34. The maximum atomic E-state index is 5.34. The van der Waals surface area contributed by atoms with Crippen LogP contribution in [0, 0.1) is 0 Å². The van der Waals surface area contributed by atoms with E-state index in [1.54, 1.807) is 21.3 Å². The summed E-state index contributed by atoms with van der Waals surface area (Å²) < 4.78 is 16.0. The van der Waals surface area contributed by atoms with Crippen LogP contribution in [0.3, 0.4) is 0 Å². The van der Waals surface area contributed by atoms with Gasteiger partial charge in [-0.15, -0.1) is 0 Å². The number of allylic oxidation sites excluding steroid dienone is 1. The molecule has 0 aliphatic heterocycles. The minimum atomic E-state index is -2.35. The van der Waals surface area contributed by atoms with Crippen molar-refractivity contribution in [3.05, 3.63) is 11.6 Å². The second-order valence-electron chi connectivity index (χ2n) is 3.88. The number of hydrogen-bond donors (Lipinski definition) is 1. The molecule has 0 aromatic heterocycles. The van der Waals surface area contributed by atoms with Crippen LogP contribution in [0.1, 0.15) is 20.3 Å². The third kappa shape index (κ3) is 6.39. The Hall–Kier alpha value is -0.203. The molecule has 96 valence electrons. The van der Waals surface area contributed by atoms with Crippen LogP contribution in [-0.4, -0.2) is 43.2 Å². The topological polar surface area (TPSA) is 39.7 Å². The molecule has 0 spiro atoms. The smallest absolute Gasteiger partial charge is 0.377 e. The highest BCUT2D eigenvalue weighted by Crippen LogP contribution is 2.14. The van der Waals surface area contributed by atoms with Crippen molar-refractivity contribution in [1.82, 2.24) is 5.32 Å². The van der Waals surface area contributed by atoms with Crippen molar-refractivity contribution in [3.63, 3.8) is 0 Å². The van der Waals surface area contributed by atoms with Gasteiger partial charge in [-0.3, -0.25) is 0 Å². The average Bonchev–Trinajstić information content (AvgIpc) is 2.29. The Bertz CT molecular complexity index is 193. The average molecular weight is 247 g/mol. The molecule has 0 aliphatic rings. The first kappa shape index (κ1) is 15.8. The highest BCUT2D eigenvalue weighted by atomic mass is 28.4. The lowest BCUT2D eigenvalue weighted by Crippen LogP contribution is -2.43. The van der Waals surface area contributed by atoms with Crippen LogP contribution < -0.4 is 5.32 Å². The molecular formula is C11H25NO3Si. The van der Waals surface area contributed by atoms with Crippen molar-refractivity contribution in [2.45, 2.75) is 26.3 Å². The second kappa shape index (κ2) is 8.89. The minimum absolute atomic E-state index is 0.846. The third-order valence-electron chi connectivity index (χ3n) is 2.42. The molecule has 4 nitrogen and oxygen atoms in total. The van der Waals surface area contributed by atoms with E-state index in [4.69, 9.17) is 13.3 Å². The fraction of sp³-hybridized carbons (Fsp3) is 0.818. The maximum Gasteiger partial charge on any atom is 0.500 e. The van der Waals surface area contributed by atoms with Gasteiger partial charge in [0, 0.05) is 33.9 Å². The van der Waals surface area contributed by atoms with Gasteiger partial charge in [-0.2, -0.15) is 0 Å². The molecule has 0 bridgehead atoms. The van der Waals surface area contributed by atoms with E-state index in [0.717, 1.165) is 25.6 Å². The van der Waals surface area contributed by atoms with Crippen molar-refractivity contribution in [2.24, 2.45) is 0 Å². The Morgan fingerprint density at radius 3 is 2.12 bits per heavy atom. The standard InChI is InChI=1S/C11H25NO3Si/c1-11(2)7-9-12-8-6-10-16(13-3,14-4)15-5/h7,12H,6,8-10H2,1-5H3. The van der Waals surface area contributed by atoms with Gasteiger partial charge in [-0.05, 0) is 26.8 Å². The van der Waals surface area contributed by atoms with Crippen LogP contribution in [0.4, 0.5) is 0 Å². The lowest BCUT2D eigenvalue weighted by atomic mass is 10.3. The van der Waals surface area contributed by atoms with E-state index >= 15 is 0 Å². The van der Waals surface area contributed by atoms with Crippen LogP contribution in [-0.2, 0) is 13.3 Å². The summed E-state index contributed by atoms with van der Waals surface area (Å²) in [6, 6.07) is 0.846. The maximum absolute atomic E-state index is 5.34. The Morgan fingerprint density at radius 2 is 1.69 bits per heavy atom. The van der Waals surface area contributed by atoms with E-state index in [-0.39, 0.29) is 0 Å². The molecule has 0 atom stereocenters. The van der Waals surface area contributed by atoms with Gasteiger partial charge < -0.3 is 18.6 Å². The van der Waals surface area contributed by atoms with Crippen molar-refractivity contribution < 1.29 is 13.3 Å². The Labute approximate surface area is 100 Å². The fourth-order valence-corrected chi connectivity index (χ4v) is 3.09. The van der Waals surface area contributed by atoms with Gasteiger partial charge in [0.15, 0.2) is 0 Å². The molecule has 1 N–H and O–H groups in total. The van der Waals surface area contributed by atoms with Gasteiger partial charge in [0.2, 0.25) is 0 Å². The van der Waals surface area contributed by atoms with E-state index in [1.807, 2.05) is 0 Å². The van der Waals surface area contributed by atoms with Crippen molar-refractivity contribution in [3.8, 4) is 0 Å². The second-order valence-corrected chi connectivity index (χ2v) is 6.98. The summed E-state index contributed by atoms with van der Waals surface area (Å²) in [5, 5.41) is 3.34. The summed E-state index contributed by atoms with van der Waals surface area (Å²) in [4.78, 5) is 0. The van der Waals surface area contributed by atoms with E-state index in [2.05, 4.69) is 25.2 Å². The predicted octanol–water partition coefficient (Wildman–Crippen LogP) is 1.81. The Balaban J connectivity index is 3.67. The first-order valence-corrected chi connectivity index (χ1v) is 7.53. The van der Waals surface area contributed by atoms with Crippen molar-refractivity contribution in [2.75, 3.05) is 34.4 Å². The molecule has 0 saturated heterocycles. The molecular weight excluding hydrogens is 222 g/mol. The Kier molecular flexibility index (Phi) is 8.78. The molecule has 0 aliphatic carbocycles. The summed E-state index contributed by atoms with van der Waals surface area (Å²) in [5.74, 6) is 0. The van der Waals surface area contributed by atoms with Crippen LogP contribution in [0.2, 0.25) is 6.04 Å². The zero-order valence-corrected chi connectivity index (χ0v) is 12.1. The number of hydrogen-bond acceptors (Lipinski definition) is 4. The molecule has 0 fully saturated rings. The van der Waals surface area contributed by atoms with Gasteiger partial charge in [-0.25, -0.2) is 0 Å². The number of rotatable bonds is 9. The Morgan fingerprint density at radius 1 is 1.12 bits per heavy atom. The minimum Gasteiger partial charge on any atom is -0.377 e. The summed E-state index contributed by atoms with van der Waals surface area (Å²) >= 11 is 0. The van der Waals surface area contributed by atoms with Gasteiger partial charge in [0.25, 0.3) is 0 Å². The molecule has 0 rings (SSSR count). The molecule has 0 aromatic carbocycles. The lowest BCUT2D eigenvalue weighted by Gasteiger charge is -2.24. The van der Waals surface area contributed by atoms with Gasteiger partial charge in [0.05, 0.1) is 0 Å². The molecule has 0 unspecified atom stereocenters. The first-order valence-electron chi connectivity index (χ1n) is 5.59. The molecule has 5 heteroatoms. The molecule has 0 aromatic rings. The zero-order valence-electron chi connectivity index (χ0n) is 11.1. The summed E-state index contributed by atoms with van der Waals surface area (Å²) in [6.07, 6.45) is 3.17. The SMILES string of the molecule is CO[Si](CCCNCC=C(C)C)(OC)OC. The molecule has 0 amide bonds. The van der Waals surface area contributed by atoms with Crippen LogP contribution in [0.5, 0.6) is 0 Å². The highest BCUT2D eigenvalue weighted by molar-refractivity contribution is 6.60. The first-order chi connectivity index (χ1) is 7.60. The molecule has 0 radical (unpaired) electrons. The summed E-state index contributed by atoms with van der Waals surface area (Å²) in [7, 11) is 2.59. The van der Waals surface area contributed by atoms with E-state index < -0.39 is 8.80 Å². The van der Waals surface area contributed by atoms with Gasteiger partial charge in [-0.1, -0.05) is 11.6 Å². The van der Waals surface area contributed by atoms with E-state index in [1.165, 1.54) is 5.57 Å². The zero-order chi connectivity index (χ0) is 12.4. The van der Waals surface area contributed by atoms with E-state index in [9.17, 15) is 0 Å². The molecule has 16 heavy (non-hydrogen) atoms. The highest BCUT2D eigenvalue weighted by Gasteiger charge is 2.36. The number of nitrogens with one attached hydrogen (secondary N) is 1. The van der Waals surface area contributed by atoms with Crippen molar-refractivity contribution in [1.29, 1.82) is 0 Å². The quantitative estimate of drug-likeness (QED) is 0.383. The monoisotopic (exact) mass is 247 g/mol. The third-order valence-corrected chi connectivity index (χ3v) is 5.26. The fourth-order valence-electron chi connectivity index (χ4n) is 1.36. The predicted molar refractivity (Wildman–Crippen MR) is 68.5 cm³/mol. The van der Waals surface area contributed by atoms with Gasteiger partial charge in [0.1, 0.15) is 0 Å². The molecule has 0 saturated carbocycles. The largest absolute Gasteiger partial charge is 0.500 e. The van der Waals surface area contributed by atoms with Crippen LogP contribution in [0.15, 0.2) is 11.6 Å².